The van der Waals surface area contributed by atoms with Crippen LogP contribution >= 0.6 is 11.3 Å². The first-order chi connectivity index (χ1) is 8.60. The zero-order valence-corrected chi connectivity index (χ0v) is 10.8. The third-order valence-corrected chi connectivity index (χ3v) is 4.09. The molecule has 1 saturated carbocycles. The van der Waals surface area contributed by atoms with Gasteiger partial charge in [-0.3, -0.25) is 4.79 Å². The molecule has 0 radical (unpaired) electrons. The van der Waals surface area contributed by atoms with Crippen LogP contribution in [0.15, 0.2) is 11.6 Å². The summed E-state index contributed by atoms with van der Waals surface area (Å²) in [5, 5.41) is 15.8. The fourth-order valence-electron chi connectivity index (χ4n) is 2.64. The molecule has 18 heavy (non-hydrogen) atoms. The lowest BCUT2D eigenvalue weighted by Crippen LogP contribution is -2.33. The van der Waals surface area contributed by atoms with Gasteiger partial charge < -0.3 is 15.2 Å². The van der Waals surface area contributed by atoms with E-state index in [0.29, 0.717) is 5.13 Å². The Morgan fingerprint density at radius 3 is 2.67 bits per heavy atom. The van der Waals surface area contributed by atoms with Crippen LogP contribution in [0.2, 0.25) is 0 Å². The lowest BCUT2D eigenvalue weighted by atomic mass is 9.79. The van der Waals surface area contributed by atoms with Gasteiger partial charge in [-0.25, -0.2) is 4.98 Å². The van der Waals surface area contributed by atoms with E-state index in [2.05, 4.69) is 10.3 Å². The van der Waals surface area contributed by atoms with Crippen LogP contribution in [0.1, 0.15) is 38.5 Å². The zero-order valence-electron chi connectivity index (χ0n) is 9.98. The summed E-state index contributed by atoms with van der Waals surface area (Å²) in [4.78, 5) is 26.7. The van der Waals surface area contributed by atoms with E-state index in [9.17, 15) is 14.7 Å². The van der Waals surface area contributed by atoms with Gasteiger partial charge in [-0.1, -0.05) is 12.8 Å². The molecular formula is C12H15N2O3S-. The second kappa shape index (κ2) is 5.48. The summed E-state index contributed by atoms with van der Waals surface area (Å²) in [7, 11) is 0. The number of nitrogens with zero attached hydrogens (tertiary/aromatic N) is 1. The van der Waals surface area contributed by atoms with E-state index in [4.69, 9.17) is 0 Å². The molecule has 1 aromatic rings. The van der Waals surface area contributed by atoms with E-state index >= 15 is 0 Å². The minimum absolute atomic E-state index is 0.0295. The number of carbonyl (C=O) groups is 2. The van der Waals surface area contributed by atoms with E-state index in [0.717, 1.165) is 25.7 Å². The van der Waals surface area contributed by atoms with Crippen LogP contribution in [-0.4, -0.2) is 16.9 Å². The molecule has 1 aromatic heterocycles. The Morgan fingerprint density at radius 2 is 2.11 bits per heavy atom. The van der Waals surface area contributed by atoms with Crippen molar-refractivity contribution in [1.82, 2.24) is 4.98 Å². The number of carboxylic acids is 1. The Bertz CT molecular complexity index is 425. The second-order valence-electron chi connectivity index (χ2n) is 4.82. The van der Waals surface area contributed by atoms with Gasteiger partial charge in [0.1, 0.15) is 0 Å². The van der Waals surface area contributed by atoms with E-state index in [-0.39, 0.29) is 18.7 Å². The molecule has 1 aliphatic carbocycles. The lowest BCUT2D eigenvalue weighted by Gasteiger charge is -2.28. The number of hydrogen-bond donors (Lipinski definition) is 1. The largest absolute Gasteiger partial charge is 0.550 e. The number of rotatable bonds is 5. The molecule has 2 rings (SSSR count). The van der Waals surface area contributed by atoms with Crippen molar-refractivity contribution in [3.05, 3.63) is 11.6 Å². The molecule has 1 aliphatic rings. The second-order valence-corrected chi connectivity index (χ2v) is 5.71. The van der Waals surface area contributed by atoms with Gasteiger partial charge >= 0.3 is 0 Å². The first-order valence-electron chi connectivity index (χ1n) is 5.99. The van der Waals surface area contributed by atoms with Gasteiger partial charge in [0.2, 0.25) is 5.91 Å². The number of aliphatic carboxylic acids is 1. The normalized spacial score (nSPS) is 17.6. The summed E-state index contributed by atoms with van der Waals surface area (Å²) >= 11 is 1.35. The van der Waals surface area contributed by atoms with Crippen molar-refractivity contribution in [3.63, 3.8) is 0 Å². The fraction of sp³-hybridized carbons (Fsp3) is 0.583. The number of thiazole rings is 1. The summed E-state index contributed by atoms with van der Waals surface area (Å²) in [6.45, 7) is 0. The number of carbonyl (C=O) groups excluding carboxylic acids is 2. The summed E-state index contributed by atoms with van der Waals surface area (Å²) in [5.41, 5.74) is -0.416. The molecule has 1 heterocycles. The van der Waals surface area contributed by atoms with Crippen molar-refractivity contribution in [2.24, 2.45) is 5.41 Å². The predicted octanol–water partition coefficient (Wildman–Crippen LogP) is 1.17. The summed E-state index contributed by atoms with van der Waals surface area (Å²) in [6, 6.07) is 0. The Morgan fingerprint density at radius 1 is 1.39 bits per heavy atom. The smallest absolute Gasteiger partial charge is 0.226 e. The molecule has 1 amide bonds. The number of hydrogen-bond acceptors (Lipinski definition) is 5. The van der Waals surface area contributed by atoms with Crippen LogP contribution < -0.4 is 10.4 Å². The highest BCUT2D eigenvalue weighted by molar-refractivity contribution is 7.13. The third kappa shape index (κ3) is 3.29. The van der Waals surface area contributed by atoms with Crippen molar-refractivity contribution in [2.45, 2.75) is 38.5 Å². The fourth-order valence-corrected chi connectivity index (χ4v) is 3.18. The number of carboxylic acid groups (broad SMARTS) is 1. The Hall–Kier alpha value is -1.43. The van der Waals surface area contributed by atoms with E-state index in [1.54, 1.807) is 11.6 Å². The predicted molar refractivity (Wildman–Crippen MR) is 65.9 cm³/mol. The van der Waals surface area contributed by atoms with Crippen LogP contribution in [-0.2, 0) is 9.59 Å². The molecule has 0 bridgehead atoms. The third-order valence-electron chi connectivity index (χ3n) is 3.40. The molecule has 0 aliphatic heterocycles. The molecule has 0 saturated heterocycles. The van der Waals surface area contributed by atoms with Gasteiger partial charge in [0.25, 0.3) is 0 Å². The van der Waals surface area contributed by atoms with Crippen LogP contribution in [0.5, 0.6) is 0 Å². The maximum absolute atomic E-state index is 11.9. The number of anilines is 1. The van der Waals surface area contributed by atoms with Crippen molar-refractivity contribution >= 4 is 28.3 Å². The average Bonchev–Trinajstić information content (AvgIpc) is 2.89. The minimum Gasteiger partial charge on any atom is -0.550 e. The lowest BCUT2D eigenvalue weighted by molar-refractivity contribution is -0.308. The van der Waals surface area contributed by atoms with Crippen molar-refractivity contribution in [1.29, 1.82) is 0 Å². The number of nitrogens with one attached hydrogen (secondary N) is 1. The van der Waals surface area contributed by atoms with E-state index in [1.807, 2.05) is 0 Å². The molecule has 6 heteroatoms. The van der Waals surface area contributed by atoms with Gasteiger partial charge in [0.15, 0.2) is 5.13 Å². The number of aromatic nitrogens is 1. The van der Waals surface area contributed by atoms with Crippen molar-refractivity contribution in [3.8, 4) is 0 Å². The molecule has 1 fully saturated rings. The molecule has 0 unspecified atom stereocenters. The van der Waals surface area contributed by atoms with Gasteiger partial charge in [0, 0.05) is 24.0 Å². The SMILES string of the molecule is O=C([O-])CC1(CC(=O)Nc2nccs2)CCCC1. The van der Waals surface area contributed by atoms with Crippen molar-refractivity contribution < 1.29 is 14.7 Å². The molecular weight excluding hydrogens is 252 g/mol. The first kappa shape index (κ1) is 13.0. The molecule has 5 nitrogen and oxygen atoms in total. The minimum atomic E-state index is -1.07. The summed E-state index contributed by atoms with van der Waals surface area (Å²) in [6.07, 6.45) is 5.36. The maximum Gasteiger partial charge on any atom is 0.226 e. The van der Waals surface area contributed by atoms with Crippen LogP contribution in [0.25, 0.3) is 0 Å². The Balaban J connectivity index is 1.96. The monoisotopic (exact) mass is 267 g/mol. The highest BCUT2D eigenvalue weighted by Gasteiger charge is 2.36. The quantitative estimate of drug-likeness (QED) is 0.868. The van der Waals surface area contributed by atoms with Crippen LogP contribution in [0, 0.1) is 5.41 Å². The van der Waals surface area contributed by atoms with Crippen molar-refractivity contribution in [2.75, 3.05) is 5.32 Å². The average molecular weight is 267 g/mol. The van der Waals surface area contributed by atoms with Gasteiger partial charge in [-0.15, -0.1) is 11.3 Å². The van der Waals surface area contributed by atoms with E-state index in [1.165, 1.54) is 11.3 Å². The molecule has 0 spiro atoms. The Kier molecular flexibility index (Phi) is 3.96. The van der Waals surface area contributed by atoms with Gasteiger partial charge in [-0.2, -0.15) is 0 Å². The van der Waals surface area contributed by atoms with E-state index < -0.39 is 11.4 Å². The molecule has 0 atom stereocenters. The van der Waals surface area contributed by atoms with Gasteiger partial charge in [-0.05, 0) is 24.7 Å². The van der Waals surface area contributed by atoms with Crippen LogP contribution in [0.4, 0.5) is 5.13 Å². The van der Waals surface area contributed by atoms with Crippen LogP contribution in [0.3, 0.4) is 0 Å². The number of amides is 1. The van der Waals surface area contributed by atoms with Gasteiger partial charge in [0.05, 0.1) is 0 Å². The zero-order chi connectivity index (χ0) is 13.0. The Labute approximate surface area is 109 Å². The highest BCUT2D eigenvalue weighted by atomic mass is 32.1. The molecule has 0 aromatic carbocycles. The highest BCUT2D eigenvalue weighted by Crippen LogP contribution is 2.44. The first-order valence-corrected chi connectivity index (χ1v) is 6.87. The maximum atomic E-state index is 11.9. The summed E-state index contributed by atoms with van der Waals surface area (Å²) < 4.78 is 0. The topological polar surface area (TPSA) is 82.1 Å². The standard InChI is InChI=1S/C12H16N2O3S/c15-9(14-11-13-5-6-18-11)7-12(8-10(16)17)3-1-2-4-12/h5-6H,1-4,7-8H2,(H,16,17)(H,13,14,15)/p-1. The molecule has 98 valence electrons. The summed E-state index contributed by atoms with van der Waals surface area (Å²) in [5.74, 6) is -1.23. The molecule has 1 N–H and O–H groups in total.